The molecule has 1 unspecified atom stereocenters. The number of anilines is 3. The number of halogens is 2. The number of carbonyl (C=O) groups excluding carboxylic acids is 1. The van der Waals surface area contributed by atoms with E-state index in [1.807, 2.05) is 12.1 Å². The summed E-state index contributed by atoms with van der Waals surface area (Å²) in [6.07, 6.45) is 5.99. The molecule has 2 aromatic rings. The Morgan fingerprint density at radius 2 is 1.71 bits per heavy atom. The van der Waals surface area contributed by atoms with Crippen molar-refractivity contribution in [3.63, 3.8) is 0 Å². The first kappa shape index (κ1) is 26.4. The van der Waals surface area contributed by atoms with E-state index in [1.54, 1.807) is 13.0 Å². The molecule has 1 atom stereocenters. The van der Waals surface area contributed by atoms with E-state index in [2.05, 4.69) is 29.4 Å². The SMILES string of the molecule is CCC(C(=O)O)c1ccc(N(CC(C)C)C2CCCCC2)c(NC(=O)Nc2ccc(F)cc2F)c1. The molecule has 0 heterocycles. The minimum atomic E-state index is -0.935. The molecule has 0 radical (unpaired) electrons. The lowest BCUT2D eigenvalue weighted by molar-refractivity contribution is -0.138. The molecule has 3 rings (SSSR count). The largest absolute Gasteiger partial charge is 0.481 e. The van der Waals surface area contributed by atoms with Gasteiger partial charge in [0.15, 0.2) is 0 Å². The summed E-state index contributed by atoms with van der Waals surface area (Å²) < 4.78 is 27.3. The van der Waals surface area contributed by atoms with Crippen molar-refractivity contribution in [3.8, 4) is 0 Å². The number of nitrogens with zero attached hydrogens (tertiary/aromatic N) is 1. The third kappa shape index (κ3) is 6.93. The molecule has 190 valence electrons. The van der Waals surface area contributed by atoms with Gasteiger partial charge in [0, 0.05) is 18.7 Å². The first-order chi connectivity index (χ1) is 16.7. The molecule has 6 nitrogen and oxygen atoms in total. The Morgan fingerprint density at radius 3 is 2.31 bits per heavy atom. The molecule has 2 aromatic carbocycles. The number of carboxylic acid groups (broad SMARTS) is 1. The zero-order chi connectivity index (χ0) is 25.5. The van der Waals surface area contributed by atoms with Gasteiger partial charge in [0.2, 0.25) is 0 Å². The average Bonchev–Trinajstić information content (AvgIpc) is 2.80. The van der Waals surface area contributed by atoms with Crippen molar-refractivity contribution in [2.45, 2.75) is 71.3 Å². The topological polar surface area (TPSA) is 81.7 Å². The lowest BCUT2D eigenvalue weighted by Gasteiger charge is -2.38. The van der Waals surface area contributed by atoms with E-state index in [1.165, 1.54) is 6.42 Å². The number of rotatable bonds is 9. The molecule has 1 saturated carbocycles. The van der Waals surface area contributed by atoms with Crippen LogP contribution >= 0.6 is 0 Å². The lowest BCUT2D eigenvalue weighted by Crippen LogP contribution is -2.40. The van der Waals surface area contributed by atoms with Crippen LogP contribution < -0.4 is 15.5 Å². The minimum Gasteiger partial charge on any atom is -0.481 e. The number of amides is 2. The number of nitrogens with one attached hydrogen (secondary N) is 2. The Morgan fingerprint density at radius 1 is 1.03 bits per heavy atom. The highest BCUT2D eigenvalue weighted by molar-refractivity contribution is 6.02. The van der Waals surface area contributed by atoms with Gasteiger partial charge in [-0.15, -0.1) is 0 Å². The number of hydrogen-bond donors (Lipinski definition) is 3. The Bertz CT molecular complexity index is 1040. The van der Waals surface area contributed by atoms with E-state index in [9.17, 15) is 23.5 Å². The van der Waals surface area contributed by atoms with Crippen molar-refractivity contribution in [2.75, 3.05) is 22.1 Å². The normalized spacial score (nSPS) is 15.0. The molecular formula is C27H35F2N3O3. The molecule has 0 aromatic heterocycles. The molecule has 0 bridgehead atoms. The maximum atomic E-state index is 14.1. The van der Waals surface area contributed by atoms with Gasteiger partial charge in [-0.2, -0.15) is 0 Å². The molecule has 0 aliphatic heterocycles. The maximum Gasteiger partial charge on any atom is 0.323 e. The van der Waals surface area contributed by atoms with Crippen LogP contribution in [0.2, 0.25) is 0 Å². The Labute approximate surface area is 205 Å². The van der Waals surface area contributed by atoms with E-state index in [-0.39, 0.29) is 5.69 Å². The second-order valence-corrected chi connectivity index (χ2v) is 9.62. The summed E-state index contributed by atoms with van der Waals surface area (Å²) in [5, 5.41) is 14.9. The first-order valence-electron chi connectivity index (χ1n) is 12.4. The van der Waals surface area contributed by atoms with Crippen LogP contribution in [0.5, 0.6) is 0 Å². The number of hydrogen-bond acceptors (Lipinski definition) is 3. The summed E-state index contributed by atoms with van der Waals surface area (Å²) in [5.41, 5.74) is 1.71. The van der Waals surface area contributed by atoms with Crippen LogP contribution in [0.1, 0.15) is 70.8 Å². The number of aliphatic carboxylic acids is 1. The minimum absolute atomic E-state index is 0.148. The van der Waals surface area contributed by atoms with Crippen molar-refractivity contribution >= 4 is 29.1 Å². The summed E-state index contributed by atoms with van der Waals surface area (Å²) in [7, 11) is 0. The number of urea groups is 1. The molecular weight excluding hydrogens is 452 g/mol. The van der Waals surface area contributed by atoms with Gasteiger partial charge in [-0.1, -0.05) is 46.1 Å². The van der Waals surface area contributed by atoms with Gasteiger partial charge in [-0.05, 0) is 55.0 Å². The van der Waals surface area contributed by atoms with Crippen LogP contribution in [0.4, 0.5) is 30.6 Å². The number of carbonyl (C=O) groups is 2. The van der Waals surface area contributed by atoms with Gasteiger partial charge >= 0.3 is 12.0 Å². The second-order valence-electron chi connectivity index (χ2n) is 9.62. The zero-order valence-corrected chi connectivity index (χ0v) is 20.6. The molecule has 35 heavy (non-hydrogen) atoms. The highest BCUT2D eigenvalue weighted by Crippen LogP contribution is 2.36. The Kier molecular flexibility index (Phi) is 9.07. The van der Waals surface area contributed by atoms with Crippen LogP contribution in [0.3, 0.4) is 0 Å². The van der Waals surface area contributed by atoms with Crippen molar-refractivity contribution in [1.82, 2.24) is 0 Å². The van der Waals surface area contributed by atoms with Gasteiger partial charge in [0.1, 0.15) is 11.6 Å². The fourth-order valence-corrected chi connectivity index (χ4v) is 4.77. The molecule has 1 aliphatic carbocycles. The fourth-order valence-electron chi connectivity index (χ4n) is 4.77. The van der Waals surface area contributed by atoms with Gasteiger partial charge in [-0.25, -0.2) is 13.6 Å². The highest BCUT2D eigenvalue weighted by atomic mass is 19.1. The van der Waals surface area contributed by atoms with Crippen molar-refractivity contribution < 1.29 is 23.5 Å². The molecule has 8 heteroatoms. The van der Waals surface area contributed by atoms with Crippen molar-refractivity contribution in [3.05, 3.63) is 53.6 Å². The molecule has 2 amide bonds. The van der Waals surface area contributed by atoms with Crippen LogP contribution in [0.25, 0.3) is 0 Å². The monoisotopic (exact) mass is 487 g/mol. The van der Waals surface area contributed by atoms with E-state index in [0.717, 1.165) is 50.0 Å². The molecule has 0 saturated heterocycles. The summed E-state index contributed by atoms with van der Waals surface area (Å²) in [4.78, 5) is 27.0. The summed E-state index contributed by atoms with van der Waals surface area (Å²) >= 11 is 0. The predicted molar refractivity (Wildman–Crippen MR) is 135 cm³/mol. The van der Waals surface area contributed by atoms with Crippen molar-refractivity contribution in [2.24, 2.45) is 5.92 Å². The van der Waals surface area contributed by atoms with E-state index < -0.39 is 29.6 Å². The summed E-state index contributed by atoms with van der Waals surface area (Å²) in [6.45, 7) is 6.86. The first-order valence-corrected chi connectivity index (χ1v) is 12.4. The van der Waals surface area contributed by atoms with Gasteiger partial charge in [0.25, 0.3) is 0 Å². The Hall–Kier alpha value is -3.16. The second kappa shape index (κ2) is 12.0. The molecule has 3 N–H and O–H groups in total. The zero-order valence-electron chi connectivity index (χ0n) is 20.6. The van der Waals surface area contributed by atoms with E-state index in [0.29, 0.717) is 35.7 Å². The summed E-state index contributed by atoms with van der Waals surface area (Å²) in [6, 6.07) is 7.95. The van der Waals surface area contributed by atoms with Crippen molar-refractivity contribution in [1.29, 1.82) is 0 Å². The van der Waals surface area contributed by atoms with E-state index in [4.69, 9.17) is 0 Å². The predicted octanol–water partition coefficient (Wildman–Crippen LogP) is 6.98. The van der Waals surface area contributed by atoms with Crippen LogP contribution in [-0.2, 0) is 4.79 Å². The quantitative estimate of drug-likeness (QED) is 0.356. The number of carboxylic acids is 1. The molecule has 1 fully saturated rings. The maximum absolute atomic E-state index is 14.1. The smallest absolute Gasteiger partial charge is 0.323 e. The van der Waals surface area contributed by atoms with Crippen LogP contribution in [0.15, 0.2) is 36.4 Å². The van der Waals surface area contributed by atoms with Gasteiger partial charge in [0.05, 0.1) is 23.0 Å². The highest BCUT2D eigenvalue weighted by Gasteiger charge is 2.26. The van der Waals surface area contributed by atoms with Crippen LogP contribution in [-0.4, -0.2) is 29.7 Å². The average molecular weight is 488 g/mol. The third-order valence-corrected chi connectivity index (χ3v) is 6.44. The molecule has 0 spiro atoms. The summed E-state index contributed by atoms with van der Waals surface area (Å²) in [5.74, 6) is -2.89. The van der Waals surface area contributed by atoms with Crippen LogP contribution in [0, 0.1) is 17.6 Å². The third-order valence-electron chi connectivity index (χ3n) is 6.44. The van der Waals surface area contributed by atoms with Gasteiger partial charge < -0.3 is 20.6 Å². The van der Waals surface area contributed by atoms with E-state index >= 15 is 0 Å². The number of benzene rings is 2. The Balaban J connectivity index is 1.98. The standard InChI is InChI=1S/C27H35F2N3O3/c1-4-21(26(33)34)18-10-13-25(32(16-17(2)3)20-8-6-5-7-9-20)24(14-18)31-27(35)30-23-12-11-19(28)15-22(23)29/h10-15,17,20-21H,4-9,16H2,1-3H3,(H,33,34)(H2,30,31,35). The lowest BCUT2D eigenvalue weighted by atomic mass is 9.92. The molecule has 1 aliphatic rings. The van der Waals surface area contributed by atoms with Gasteiger partial charge in [-0.3, -0.25) is 4.79 Å². The fraction of sp³-hybridized carbons (Fsp3) is 0.481.